The van der Waals surface area contributed by atoms with E-state index in [0.717, 1.165) is 24.3 Å². The summed E-state index contributed by atoms with van der Waals surface area (Å²) in [7, 11) is 0. The van der Waals surface area contributed by atoms with Crippen LogP contribution in [0.15, 0.2) is 53.6 Å². The highest BCUT2D eigenvalue weighted by Crippen LogP contribution is 2.23. The van der Waals surface area contributed by atoms with Gasteiger partial charge in [0.15, 0.2) is 0 Å². The summed E-state index contributed by atoms with van der Waals surface area (Å²) >= 11 is 12.2. The lowest BCUT2D eigenvalue weighted by molar-refractivity contribution is 0.0950. The van der Waals surface area contributed by atoms with Gasteiger partial charge >= 0.3 is 0 Å². The van der Waals surface area contributed by atoms with Gasteiger partial charge in [0.1, 0.15) is 11.4 Å². The molecule has 0 saturated heterocycles. The second-order valence-electron chi connectivity index (χ2n) is 7.64. The van der Waals surface area contributed by atoms with E-state index in [1.165, 1.54) is 38.3 Å². The van der Waals surface area contributed by atoms with E-state index < -0.39 is 5.91 Å². The first-order chi connectivity index (χ1) is 16.1. The molecule has 0 unspecified atom stereocenters. The summed E-state index contributed by atoms with van der Waals surface area (Å²) in [5, 5.41) is 11.8. The Morgan fingerprint density at radius 3 is 2.48 bits per heavy atom. The Kier molecular flexibility index (Phi) is 9.78. The Bertz CT molecular complexity index is 1040. The summed E-state index contributed by atoms with van der Waals surface area (Å²) in [6.07, 6.45) is 8.81. The van der Waals surface area contributed by atoms with Gasteiger partial charge in [-0.05, 0) is 48.9 Å². The number of rotatable bonds is 12. The van der Waals surface area contributed by atoms with Crippen LogP contribution < -0.4 is 10.2 Å². The Hall–Kier alpha value is -2.83. The number of unbranched alkanes of at least 4 members (excludes halogenated alkanes) is 5. The van der Waals surface area contributed by atoms with Crippen LogP contribution in [-0.4, -0.2) is 28.9 Å². The molecule has 2 N–H and O–H groups in total. The van der Waals surface area contributed by atoms with Crippen molar-refractivity contribution in [3.8, 4) is 17.0 Å². The normalized spacial score (nSPS) is 11.1. The lowest BCUT2D eigenvalue weighted by atomic mass is 10.1. The summed E-state index contributed by atoms with van der Waals surface area (Å²) in [6.45, 7) is 2.94. The van der Waals surface area contributed by atoms with Crippen LogP contribution in [0, 0.1) is 0 Å². The number of hydrazone groups is 1. The molecule has 1 amide bonds. The molecule has 0 radical (unpaired) electrons. The van der Waals surface area contributed by atoms with Crippen LogP contribution in [0.4, 0.5) is 0 Å². The molecule has 0 aliphatic rings. The zero-order valence-corrected chi connectivity index (χ0v) is 20.1. The molecular formula is C25H28Cl2N4O2. The molecule has 1 heterocycles. The van der Waals surface area contributed by atoms with Crippen molar-refractivity contribution in [3.05, 3.63) is 69.8 Å². The van der Waals surface area contributed by atoms with Crippen molar-refractivity contribution in [2.75, 3.05) is 6.61 Å². The van der Waals surface area contributed by atoms with Crippen molar-refractivity contribution in [2.24, 2.45) is 5.10 Å². The number of aromatic amines is 1. The monoisotopic (exact) mass is 486 g/mol. The van der Waals surface area contributed by atoms with E-state index in [-0.39, 0.29) is 5.69 Å². The molecule has 0 fully saturated rings. The van der Waals surface area contributed by atoms with Crippen molar-refractivity contribution in [1.29, 1.82) is 0 Å². The van der Waals surface area contributed by atoms with Crippen molar-refractivity contribution >= 4 is 35.3 Å². The lowest BCUT2D eigenvalue weighted by Gasteiger charge is -2.06. The zero-order valence-electron chi connectivity index (χ0n) is 18.6. The van der Waals surface area contributed by atoms with Gasteiger partial charge in [0.2, 0.25) is 0 Å². The van der Waals surface area contributed by atoms with Crippen LogP contribution >= 0.6 is 23.2 Å². The van der Waals surface area contributed by atoms with Crippen LogP contribution in [0.3, 0.4) is 0 Å². The molecule has 3 rings (SSSR count). The minimum Gasteiger partial charge on any atom is -0.494 e. The van der Waals surface area contributed by atoms with Gasteiger partial charge in [0, 0.05) is 11.1 Å². The number of carbonyl (C=O) groups excluding carboxylic acids is 1. The number of benzene rings is 2. The van der Waals surface area contributed by atoms with E-state index in [9.17, 15) is 4.79 Å². The third-order valence-corrected chi connectivity index (χ3v) is 5.76. The van der Waals surface area contributed by atoms with Gasteiger partial charge in [-0.15, -0.1) is 0 Å². The number of halogens is 2. The Morgan fingerprint density at radius 2 is 1.76 bits per heavy atom. The maximum absolute atomic E-state index is 12.4. The number of hydrogen-bond donors (Lipinski definition) is 2. The topological polar surface area (TPSA) is 79.4 Å². The minimum atomic E-state index is -0.424. The maximum atomic E-state index is 12.4. The minimum absolute atomic E-state index is 0.288. The molecule has 174 valence electrons. The quantitative estimate of drug-likeness (QED) is 0.166. The second kappa shape index (κ2) is 13.0. The molecule has 0 atom stereocenters. The van der Waals surface area contributed by atoms with E-state index in [0.29, 0.717) is 21.3 Å². The third-order valence-electron chi connectivity index (χ3n) is 5.10. The predicted octanol–water partition coefficient (Wildman–Crippen LogP) is 6.89. The summed E-state index contributed by atoms with van der Waals surface area (Å²) < 4.78 is 5.82. The summed E-state index contributed by atoms with van der Waals surface area (Å²) in [4.78, 5) is 12.4. The first-order valence-corrected chi connectivity index (χ1v) is 11.9. The number of carbonyl (C=O) groups is 1. The lowest BCUT2D eigenvalue weighted by Crippen LogP contribution is -2.18. The van der Waals surface area contributed by atoms with E-state index in [1.807, 2.05) is 24.3 Å². The Balaban J connectivity index is 1.49. The molecule has 33 heavy (non-hydrogen) atoms. The molecule has 0 saturated carbocycles. The number of amides is 1. The van der Waals surface area contributed by atoms with E-state index >= 15 is 0 Å². The Morgan fingerprint density at radius 1 is 1.06 bits per heavy atom. The van der Waals surface area contributed by atoms with Gasteiger partial charge in [-0.2, -0.15) is 10.2 Å². The van der Waals surface area contributed by atoms with Crippen LogP contribution in [0.1, 0.15) is 61.5 Å². The number of H-pyrrole nitrogens is 1. The SMILES string of the molecule is CCCCCCCCOc1ccc(-c2cc(C(=O)NN=Cc3c(Cl)cccc3Cl)[nH]n2)cc1. The van der Waals surface area contributed by atoms with Crippen molar-refractivity contribution in [2.45, 2.75) is 45.4 Å². The van der Waals surface area contributed by atoms with Gasteiger partial charge in [-0.3, -0.25) is 9.89 Å². The van der Waals surface area contributed by atoms with Crippen molar-refractivity contribution < 1.29 is 9.53 Å². The molecule has 6 nitrogen and oxygen atoms in total. The van der Waals surface area contributed by atoms with Gasteiger partial charge in [0.05, 0.1) is 28.6 Å². The second-order valence-corrected chi connectivity index (χ2v) is 8.46. The van der Waals surface area contributed by atoms with E-state index in [4.69, 9.17) is 27.9 Å². The fraction of sp³-hybridized carbons (Fsp3) is 0.320. The maximum Gasteiger partial charge on any atom is 0.289 e. The van der Waals surface area contributed by atoms with Gasteiger partial charge < -0.3 is 4.74 Å². The Labute approximate surface area is 204 Å². The summed E-state index contributed by atoms with van der Waals surface area (Å²) in [6, 6.07) is 14.5. The molecule has 0 aliphatic carbocycles. The number of hydrogen-bond acceptors (Lipinski definition) is 4. The highest BCUT2D eigenvalue weighted by Gasteiger charge is 2.11. The average molecular weight is 487 g/mol. The standard InChI is InChI=1S/C25H28Cl2N4O2/c1-2-3-4-5-6-7-15-33-19-13-11-18(12-14-19)23-16-24(30-29-23)25(32)31-28-17-20-21(26)9-8-10-22(20)27/h8-14,16-17H,2-7,15H2,1H3,(H,29,30)(H,31,32). The fourth-order valence-electron chi connectivity index (χ4n) is 3.23. The molecular weight excluding hydrogens is 459 g/mol. The molecule has 2 aromatic carbocycles. The van der Waals surface area contributed by atoms with Crippen molar-refractivity contribution in [1.82, 2.24) is 15.6 Å². The van der Waals surface area contributed by atoms with Gasteiger partial charge in [-0.1, -0.05) is 68.3 Å². The highest BCUT2D eigenvalue weighted by molar-refractivity contribution is 6.38. The summed E-state index contributed by atoms with van der Waals surface area (Å²) in [5.41, 5.74) is 4.79. The van der Waals surface area contributed by atoms with E-state index in [2.05, 4.69) is 27.6 Å². The van der Waals surface area contributed by atoms with Crippen LogP contribution in [0.25, 0.3) is 11.3 Å². The number of ether oxygens (including phenoxy) is 1. The first-order valence-electron chi connectivity index (χ1n) is 11.1. The molecule has 0 spiro atoms. The molecule has 1 aromatic heterocycles. The zero-order chi connectivity index (χ0) is 23.5. The van der Waals surface area contributed by atoms with Crippen LogP contribution in [0.5, 0.6) is 5.75 Å². The van der Waals surface area contributed by atoms with Crippen LogP contribution in [-0.2, 0) is 0 Å². The molecule has 0 aliphatic heterocycles. The molecule has 0 bridgehead atoms. The first kappa shape index (κ1) is 24.8. The third kappa shape index (κ3) is 7.62. The number of aromatic nitrogens is 2. The largest absolute Gasteiger partial charge is 0.494 e. The van der Waals surface area contributed by atoms with Crippen LogP contribution in [0.2, 0.25) is 10.0 Å². The highest BCUT2D eigenvalue weighted by atomic mass is 35.5. The smallest absolute Gasteiger partial charge is 0.289 e. The molecule has 3 aromatic rings. The average Bonchev–Trinajstić information content (AvgIpc) is 3.31. The number of nitrogens with one attached hydrogen (secondary N) is 2. The number of nitrogens with zero attached hydrogens (tertiary/aromatic N) is 2. The van der Waals surface area contributed by atoms with Crippen molar-refractivity contribution in [3.63, 3.8) is 0 Å². The fourth-order valence-corrected chi connectivity index (χ4v) is 3.73. The predicted molar refractivity (Wildman–Crippen MR) is 134 cm³/mol. The van der Waals surface area contributed by atoms with Gasteiger partial charge in [0.25, 0.3) is 5.91 Å². The van der Waals surface area contributed by atoms with Gasteiger partial charge in [-0.25, -0.2) is 5.43 Å². The summed E-state index contributed by atoms with van der Waals surface area (Å²) in [5.74, 6) is 0.403. The van der Waals surface area contributed by atoms with E-state index in [1.54, 1.807) is 24.3 Å². The molecule has 8 heteroatoms.